The van der Waals surface area contributed by atoms with E-state index in [1.807, 2.05) is 49.9 Å². The molecule has 7 heteroatoms. The lowest BCUT2D eigenvalue weighted by atomic mass is 10.0. The molecule has 146 valence electrons. The second-order valence-electron chi connectivity index (χ2n) is 7.60. The van der Waals surface area contributed by atoms with Gasteiger partial charge in [0.2, 0.25) is 5.91 Å². The fourth-order valence-electron chi connectivity index (χ4n) is 3.03. The fraction of sp³-hybridized carbons (Fsp3) is 0.632. The van der Waals surface area contributed by atoms with Gasteiger partial charge in [0.05, 0.1) is 25.2 Å². The zero-order chi connectivity index (χ0) is 19.4. The topological polar surface area (TPSA) is 75.7 Å². The molecule has 1 atom stereocenters. The van der Waals surface area contributed by atoms with Gasteiger partial charge in [-0.2, -0.15) is 0 Å². The smallest absolute Gasteiger partial charge is 0.234 e. The van der Waals surface area contributed by atoms with Crippen molar-refractivity contribution in [3.8, 4) is 5.75 Å². The molecule has 26 heavy (non-hydrogen) atoms. The van der Waals surface area contributed by atoms with Crippen molar-refractivity contribution in [2.75, 3.05) is 25.2 Å². The summed E-state index contributed by atoms with van der Waals surface area (Å²) in [6, 6.07) is 7.52. The third kappa shape index (κ3) is 5.99. The summed E-state index contributed by atoms with van der Waals surface area (Å²) >= 11 is 0. The quantitative estimate of drug-likeness (QED) is 0.744. The second-order valence-corrected chi connectivity index (χ2v) is 9.82. The van der Waals surface area contributed by atoms with E-state index in [2.05, 4.69) is 5.32 Å². The van der Waals surface area contributed by atoms with Gasteiger partial charge >= 0.3 is 0 Å². The number of carbonyl (C=O) groups is 1. The highest BCUT2D eigenvalue weighted by molar-refractivity contribution is 7.91. The van der Waals surface area contributed by atoms with Crippen LogP contribution in [-0.2, 0) is 21.2 Å². The molecule has 1 aliphatic heterocycles. The first-order chi connectivity index (χ1) is 12.1. The number of sulfone groups is 1. The Morgan fingerprint density at radius 2 is 1.96 bits per heavy atom. The van der Waals surface area contributed by atoms with Crippen molar-refractivity contribution in [2.24, 2.45) is 0 Å². The van der Waals surface area contributed by atoms with Crippen LogP contribution in [0.15, 0.2) is 24.3 Å². The molecule has 2 rings (SSSR count). The monoisotopic (exact) mass is 382 g/mol. The summed E-state index contributed by atoms with van der Waals surface area (Å²) in [5.41, 5.74) is 0.752. The van der Waals surface area contributed by atoms with Crippen LogP contribution in [0.2, 0.25) is 0 Å². The number of ether oxygens (including phenoxy) is 1. The Hall–Kier alpha value is -1.60. The molecule has 1 aromatic rings. The Labute approximate surface area is 156 Å². The molecule has 0 saturated carbocycles. The Morgan fingerprint density at radius 3 is 2.46 bits per heavy atom. The van der Waals surface area contributed by atoms with E-state index in [9.17, 15) is 13.2 Å². The predicted octanol–water partition coefficient (Wildman–Crippen LogP) is 1.99. The molecule has 1 amide bonds. The summed E-state index contributed by atoms with van der Waals surface area (Å²) in [7, 11) is -1.40. The minimum absolute atomic E-state index is 0.0744. The van der Waals surface area contributed by atoms with Crippen LogP contribution in [0, 0.1) is 0 Å². The number of hydrogen-bond donors (Lipinski definition) is 1. The number of benzene rings is 1. The van der Waals surface area contributed by atoms with Gasteiger partial charge in [0, 0.05) is 18.1 Å². The lowest BCUT2D eigenvalue weighted by Crippen LogP contribution is -2.49. The Kier molecular flexibility index (Phi) is 6.69. The number of methoxy groups -OCH3 is 1. The molecule has 0 bridgehead atoms. The summed E-state index contributed by atoms with van der Waals surface area (Å²) in [6.45, 7) is 6.72. The van der Waals surface area contributed by atoms with Crippen molar-refractivity contribution in [1.82, 2.24) is 10.2 Å². The summed E-state index contributed by atoms with van der Waals surface area (Å²) in [4.78, 5) is 14.5. The van der Waals surface area contributed by atoms with Crippen molar-refractivity contribution in [2.45, 2.75) is 51.7 Å². The molecular weight excluding hydrogens is 352 g/mol. The van der Waals surface area contributed by atoms with Gasteiger partial charge in [-0.25, -0.2) is 8.42 Å². The van der Waals surface area contributed by atoms with Crippen LogP contribution in [0.1, 0.15) is 39.2 Å². The number of carbonyl (C=O) groups excluding carboxylic acids is 1. The van der Waals surface area contributed by atoms with E-state index < -0.39 is 9.84 Å². The number of amides is 1. The van der Waals surface area contributed by atoms with Crippen molar-refractivity contribution in [3.05, 3.63) is 29.8 Å². The number of nitrogens with one attached hydrogen (secondary N) is 1. The highest BCUT2D eigenvalue weighted by Crippen LogP contribution is 2.21. The number of nitrogens with zero attached hydrogens (tertiary/aromatic N) is 1. The lowest BCUT2D eigenvalue weighted by Gasteiger charge is -2.30. The first-order valence-corrected chi connectivity index (χ1v) is 10.8. The Morgan fingerprint density at radius 1 is 1.31 bits per heavy atom. The zero-order valence-corrected chi connectivity index (χ0v) is 16.9. The highest BCUT2D eigenvalue weighted by atomic mass is 32.2. The fourth-order valence-corrected chi connectivity index (χ4v) is 4.79. The lowest BCUT2D eigenvalue weighted by molar-refractivity contribution is -0.124. The second kappa shape index (κ2) is 8.39. The van der Waals surface area contributed by atoms with Crippen LogP contribution in [0.5, 0.6) is 5.75 Å². The molecule has 1 fully saturated rings. The predicted molar refractivity (Wildman–Crippen MR) is 103 cm³/mol. The average Bonchev–Trinajstić information content (AvgIpc) is 2.94. The van der Waals surface area contributed by atoms with Gasteiger partial charge in [-0.1, -0.05) is 19.1 Å². The molecule has 0 unspecified atom stereocenters. The van der Waals surface area contributed by atoms with E-state index in [0.717, 1.165) is 17.7 Å². The van der Waals surface area contributed by atoms with Gasteiger partial charge in [0.1, 0.15) is 5.75 Å². The molecule has 1 aliphatic rings. The molecule has 1 N–H and O–H groups in total. The molecule has 6 nitrogen and oxygen atoms in total. The van der Waals surface area contributed by atoms with Gasteiger partial charge in [0.15, 0.2) is 9.84 Å². The van der Waals surface area contributed by atoms with E-state index in [4.69, 9.17) is 4.74 Å². The molecule has 0 aromatic heterocycles. The maximum absolute atomic E-state index is 12.5. The summed E-state index contributed by atoms with van der Waals surface area (Å²) in [5.74, 6) is 1.01. The molecule has 0 spiro atoms. The molecule has 1 heterocycles. The van der Waals surface area contributed by atoms with Crippen LogP contribution < -0.4 is 10.1 Å². The molecule has 1 aromatic carbocycles. The maximum atomic E-state index is 12.5. The SMILES string of the molecule is CCC(C)(C)NC(=O)CN(Cc1ccc(OC)cc1)[C@@H]1CCS(=O)(=O)C1. The van der Waals surface area contributed by atoms with Gasteiger partial charge in [0.25, 0.3) is 0 Å². The van der Waals surface area contributed by atoms with Crippen LogP contribution in [0.4, 0.5) is 0 Å². The minimum Gasteiger partial charge on any atom is -0.497 e. The third-order valence-corrected chi connectivity index (χ3v) is 6.73. The van der Waals surface area contributed by atoms with Crippen LogP contribution in [0.25, 0.3) is 0 Å². The van der Waals surface area contributed by atoms with E-state index in [1.165, 1.54) is 0 Å². The molecular formula is C19H30N2O4S. The van der Waals surface area contributed by atoms with Crippen molar-refractivity contribution in [3.63, 3.8) is 0 Å². The van der Waals surface area contributed by atoms with Gasteiger partial charge in [-0.15, -0.1) is 0 Å². The van der Waals surface area contributed by atoms with Gasteiger partial charge in [-0.3, -0.25) is 9.69 Å². The standard InChI is InChI=1S/C19H30N2O4S/c1-5-19(2,3)20-18(22)13-21(16-10-11-26(23,24)14-16)12-15-6-8-17(25-4)9-7-15/h6-9,16H,5,10-14H2,1-4H3,(H,20,22)/t16-/m1/s1. The van der Waals surface area contributed by atoms with Crippen molar-refractivity contribution in [1.29, 1.82) is 0 Å². The molecule has 0 radical (unpaired) electrons. The largest absolute Gasteiger partial charge is 0.497 e. The van der Waals surface area contributed by atoms with E-state index in [-0.39, 0.29) is 35.5 Å². The first-order valence-electron chi connectivity index (χ1n) is 9.02. The molecule has 1 saturated heterocycles. The summed E-state index contributed by atoms with van der Waals surface area (Å²) in [5, 5.41) is 3.03. The summed E-state index contributed by atoms with van der Waals surface area (Å²) in [6.07, 6.45) is 1.40. The third-order valence-electron chi connectivity index (χ3n) is 4.98. The Bertz CT molecular complexity index is 714. The minimum atomic E-state index is -3.01. The number of hydrogen-bond acceptors (Lipinski definition) is 5. The van der Waals surface area contributed by atoms with Crippen molar-refractivity contribution >= 4 is 15.7 Å². The maximum Gasteiger partial charge on any atom is 0.234 e. The van der Waals surface area contributed by atoms with Crippen LogP contribution >= 0.6 is 0 Å². The zero-order valence-electron chi connectivity index (χ0n) is 16.1. The molecule has 0 aliphatic carbocycles. The Balaban J connectivity index is 2.12. The highest BCUT2D eigenvalue weighted by Gasteiger charge is 2.33. The van der Waals surface area contributed by atoms with Crippen molar-refractivity contribution < 1.29 is 17.9 Å². The van der Waals surface area contributed by atoms with Gasteiger partial charge in [-0.05, 0) is 44.4 Å². The van der Waals surface area contributed by atoms with Gasteiger partial charge < -0.3 is 10.1 Å². The van der Waals surface area contributed by atoms with Crippen LogP contribution in [-0.4, -0.2) is 56.0 Å². The van der Waals surface area contributed by atoms with E-state index in [1.54, 1.807) is 7.11 Å². The first kappa shape index (κ1) is 20.7. The normalized spacial score (nSPS) is 19.5. The van der Waals surface area contributed by atoms with Crippen LogP contribution in [0.3, 0.4) is 0 Å². The van der Waals surface area contributed by atoms with E-state index >= 15 is 0 Å². The van der Waals surface area contributed by atoms with E-state index in [0.29, 0.717) is 13.0 Å². The summed E-state index contributed by atoms with van der Waals surface area (Å²) < 4.78 is 29.0. The average molecular weight is 383 g/mol. The number of rotatable bonds is 8.